The van der Waals surface area contributed by atoms with Gasteiger partial charge in [0.1, 0.15) is 0 Å². The van der Waals surface area contributed by atoms with E-state index in [1.165, 1.54) is 6.92 Å². The molecular weight excluding hydrogens is 284 g/mol. The van der Waals surface area contributed by atoms with E-state index in [0.29, 0.717) is 18.2 Å². The van der Waals surface area contributed by atoms with Crippen LogP contribution in [0.5, 0.6) is 0 Å². The lowest BCUT2D eigenvalue weighted by Gasteiger charge is -2.17. The van der Waals surface area contributed by atoms with Crippen LogP contribution in [0.4, 0.5) is 26.3 Å². The Hall–Kier alpha value is -0.950. The smallest absolute Gasteiger partial charge is 0.324 e. The Bertz CT molecular complexity index is 410. The van der Waals surface area contributed by atoms with E-state index in [9.17, 15) is 26.3 Å². The van der Waals surface area contributed by atoms with Crippen LogP contribution in [-0.2, 0) is 12.4 Å². The first-order chi connectivity index (χ1) is 7.53. The Morgan fingerprint density at radius 2 is 1.50 bits per heavy atom. The minimum atomic E-state index is -4.72. The number of rotatable bonds is 1. The van der Waals surface area contributed by atoms with E-state index in [2.05, 4.69) is 0 Å². The van der Waals surface area contributed by atoms with E-state index >= 15 is 0 Å². The summed E-state index contributed by atoms with van der Waals surface area (Å²) in [6.45, 7) is 1.20. The fourth-order valence-corrected chi connectivity index (χ4v) is 1.37. The molecule has 1 nitrogen and oxygen atoms in total. The minimum absolute atomic E-state index is 0. The first-order valence-corrected chi connectivity index (χ1v) is 4.57. The molecule has 0 aromatic heterocycles. The zero-order valence-corrected chi connectivity index (χ0v) is 9.88. The normalized spacial score (nSPS) is 14.0. The third-order valence-corrected chi connectivity index (χ3v) is 2.17. The van der Waals surface area contributed by atoms with Crippen molar-refractivity contribution < 1.29 is 26.3 Å². The van der Waals surface area contributed by atoms with Gasteiger partial charge in [0.25, 0.3) is 0 Å². The van der Waals surface area contributed by atoms with Gasteiger partial charge in [0.15, 0.2) is 0 Å². The van der Waals surface area contributed by atoms with Gasteiger partial charge in [-0.1, -0.05) is 0 Å². The number of halogens is 7. The summed E-state index contributed by atoms with van der Waals surface area (Å²) >= 11 is 0. The first kappa shape index (κ1) is 17.1. The molecule has 0 aliphatic carbocycles. The molecule has 1 aromatic rings. The topological polar surface area (TPSA) is 26.0 Å². The molecule has 0 spiro atoms. The maximum Gasteiger partial charge on any atom is 0.416 e. The molecule has 1 rings (SSSR count). The Morgan fingerprint density at radius 1 is 1.00 bits per heavy atom. The van der Waals surface area contributed by atoms with Crippen molar-refractivity contribution in [2.45, 2.75) is 25.3 Å². The average molecular weight is 294 g/mol. The molecule has 2 N–H and O–H groups in total. The molecule has 0 unspecified atom stereocenters. The molecule has 0 amide bonds. The summed E-state index contributed by atoms with van der Waals surface area (Å²) in [4.78, 5) is 0. The van der Waals surface area contributed by atoms with Crippen LogP contribution in [0.3, 0.4) is 0 Å². The molecule has 0 saturated carbocycles. The number of nitrogens with two attached hydrogens (primary N) is 1. The van der Waals surface area contributed by atoms with E-state index in [4.69, 9.17) is 5.73 Å². The molecule has 0 aliphatic heterocycles. The van der Waals surface area contributed by atoms with Crippen LogP contribution in [0.2, 0.25) is 0 Å². The van der Waals surface area contributed by atoms with Crippen molar-refractivity contribution >= 4 is 12.4 Å². The summed E-state index contributed by atoms with van der Waals surface area (Å²) in [5.41, 5.74) is 2.41. The summed E-state index contributed by atoms with van der Waals surface area (Å²) < 4.78 is 74.5. The number of benzene rings is 1. The molecule has 0 aliphatic rings. The molecule has 0 saturated heterocycles. The van der Waals surface area contributed by atoms with Gasteiger partial charge in [-0.2, -0.15) is 26.3 Å². The van der Waals surface area contributed by atoms with Crippen LogP contribution in [0.1, 0.15) is 29.7 Å². The lowest BCUT2D eigenvalue weighted by molar-refractivity contribution is -0.142. The maximum absolute atomic E-state index is 12.5. The SMILES string of the molecule is C[C@@H](N)c1cc(C(F)(F)F)ccc1C(F)(F)F.Cl. The first-order valence-electron chi connectivity index (χ1n) is 4.57. The van der Waals surface area contributed by atoms with Gasteiger partial charge in [0.05, 0.1) is 11.1 Å². The van der Waals surface area contributed by atoms with Crippen molar-refractivity contribution in [3.8, 4) is 0 Å². The number of alkyl halides is 6. The highest BCUT2D eigenvalue weighted by molar-refractivity contribution is 5.85. The van der Waals surface area contributed by atoms with Gasteiger partial charge in [-0.05, 0) is 30.7 Å². The highest BCUT2D eigenvalue weighted by Gasteiger charge is 2.37. The van der Waals surface area contributed by atoms with Crippen LogP contribution in [0.25, 0.3) is 0 Å². The minimum Gasteiger partial charge on any atom is -0.324 e. The number of hydrogen-bond donors (Lipinski definition) is 1. The summed E-state index contributed by atoms with van der Waals surface area (Å²) in [5, 5.41) is 0. The predicted octanol–water partition coefficient (Wildman–Crippen LogP) is 4.17. The van der Waals surface area contributed by atoms with E-state index in [0.717, 1.165) is 0 Å². The zero-order valence-electron chi connectivity index (χ0n) is 9.06. The Labute approximate surface area is 105 Å². The molecule has 8 heteroatoms. The van der Waals surface area contributed by atoms with E-state index in [1.807, 2.05) is 0 Å². The van der Waals surface area contributed by atoms with Gasteiger partial charge in [0, 0.05) is 6.04 Å². The third-order valence-electron chi connectivity index (χ3n) is 2.17. The van der Waals surface area contributed by atoms with Crippen LogP contribution in [0, 0.1) is 0 Å². The van der Waals surface area contributed by atoms with E-state index in [-0.39, 0.29) is 12.4 Å². The highest BCUT2D eigenvalue weighted by Crippen LogP contribution is 2.38. The molecule has 1 atom stereocenters. The Kier molecular flexibility index (Phi) is 5.07. The van der Waals surface area contributed by atoms with Crippen LogP contribution >= 0.6 is 12.4 Å². The molecule has 0 fully saturated rings. The van der Waals surface area contributed by atoms with Crippen molar-refractivity contribution in [2.75, 3.05) is 0 Å². The van der Waals surface area contributed by atoms with Crippen molar-refractivity contribution in [1.82, 2.24) is 0 Å². The van der Waals surface area contributed by atoms with Crippen LogP contribution in [0.15, 0.2) is 18.2 Å². The maximum atomic E-state index is 12.5. The fraction of sp³-hybridized carbons (Fsp3) is 0.400. The second-order valence-electron chi connectivity index (χ2n) is 3.59. The monoisotopic (exact) mass is 293 g/mol. The Balaban J connectivity index is 0.00000289. The molecule has 0 radical (unpaired) electrons. The van der Waals surface area contributed by atoms with Crippen molar-refractivity contribution in [3.63, 3.8) is 0 Å². The quantitative estimate of drug-likeness (QED) is 0.773. The largest absolute Gasteiger partial charge is 0.416 e. The summed E-state index contributed by atoms with van der Waals surface area (Å²) in [6, 6.07) is 0.109. The van der Waals surface area contributed by atoms with Gasteiger partial charge in [-0.25, -0.2) is 0 Å². The predicted molar refractivity (Wildman–Crippen MR) is 56.3 cm³/mol. The molecule has 1 aromatic carbocycles. The second-order valence-corrected chi connectivity index (χ2v) is 3.59. The molecular formula is C10H10ClF6N. The standard InChI is InChI=1S/C10H9F6N.ClH/c1-5(17)7-4-6(9(11,12)13)2-3-8(7)10(14,15)16;/h2-5H,17H2,1H3;1H/t5-;/m1./s1. The fourth-order valence-electron chi connectivity index (χ4n) is 1.37. The van der Waals surface area contributed by atoms with Gasteiger partial charge in [0.2, 0.25) is 0 Å². The van der Waals surface area contributed by atoms with Gasteiger partial charge in [-0.15, -0.1) is 12.4 Å². The highest BCUT2D eigenvalue weighted by atomic mass is 35.5. The van der Waals surface area contributed by atoms with Gasteiger partial charge >= 0.3 is 12.4 Å². The molecule has 0 bridgehead atoms. The Morgan fingerprint density at radius 3 is 1.83 bits per heavy atom. The van der Waals surface area contributed by atoms with Crippen LogP contribution < -0.4 is 5.73 Å². The van der Waals surface area contributed by atoms with E-state index < -0.39 is 35.1 Å². The van der Waals surface area contributed by atoms with E-state index in [1.54, 1.807) is 0 Å². The number of hydrogen-bond acceptors (Lipinski definition) is 1. The van der Waals surface area contributed by atoms with Crippen LogP contribution in [-0.4, -0.2) is 0 Å². The van der Waals surface area contributed by atoms with Gasteiger partial charge < -0.3 is 5.73 Å². The molecule has 104 valence electrons. The molecule has 18 heavy (non-hydrogen) atoms. The van der Waals surface area contributed by atoms with Crippen molar-refractivity contribution in [3.05, 3.63) is 34.9 Å². The summed E-state index contributed by atoms with van der Waals surface area (Å²) in [5.74, 6) is 0. The molecule has 0 heterocycles. The lowest BCUT2D eigenvalue weighted by atomic mass is 9.98. The van der Waals surface area contributed by atoms with Crippen molar-refractivity contribution in [1.29, 1.82) is 0 Å². The van der Waals surface area contributed by atoms with Crippen molar-refractivity contribution in [2.24, 2.45) is 5.73 Å². The van der Waals surface area contributed by atoms with Gasteiger partial charge in [-0.3, -0.25) is 0 Å². The second kappa shape index (κ2) is 5.36. The average Bonchev–Trinajstić information content (AvgIpc) is 2.14. The lowest BCUT2D eigenvalue weighted by Crippen LogP contribution is -2.17. The summed E-state index contributed by atoms with van der Waals surface area (Å²) in [7, 11) is 0. The third kappa shape index (κ3) is 3.78. The summed E-state index contributed by atoms with van der Waals surface area (Å²) in [6.07, 6.45) is -9.40. The zero-order chi connectivity index (χ0) is 13.4.